The molecule has 190 valence electrons. The second-order valence-corrected chi connectivity index (χ2v) is 10.1. The summed E-state index contributed by atoms with van der Waals surface area (Å²) in [6.45, 7) is 7.58. The lowest BCUT2D eigenvalue weighted by molar-refractivity contribution is -0.128. The lowest BCUT2D eigenvalue weighted by Gasteiger charge is -2.39. The Morgan fingerprint density at radius 2 is 1.72 bits per heavy atom. The zero-order chi connectivity index (χ0) is 25.2. The van der Waals surface area contributed by atoms with Crippen molar-refractivity contribution < 1.29 is 14.4 Å². The van der Waals surface area contributed by atoms with Crippen LogP contribution in [0.5, 0.6) is 0 Å². The molecule has 2 fully saturated rings. The number of aryl methyl sites for hydroxylation is 1. The molecule has 0 radical (unpaired) electrons. The summed E-state index contributed by atoms with van der Waals surface area (Å²) < 4.78 is 0. The summed E-state index contributed by atoms with van der Waals surface area (Å²) in [5, 5.41) is 0. The van der Waals surface area contributed by atoms with Gasteiger partial charge in [-0.05, 0) is 55.2 Å². The molecule has 0 aromatic heterocycles. The van der Waals surface area contributed by atoms with Gasteiger partial charge in [0.15, 0.2) is 0 Å². The van der Waals surface area contributed by atoms with E-state index in [1.165, 1.54) is 11.3 Å². The molecule has 3 amide bonds. The fraction of sp³-hybridized carbons (Fsp3) is 0.464. The number of primary amides is 1. The Kier molecular flexibility index (Phi) is 6.85. The molecule has 1 atom stereocenters. The van der Waals surface area contributed by atoms with E-state index in [4.69, 9.17) is 5.73 Å². The molecule has 0 bridgehead atoms. The van der Waals surface area contributed by atoms with Crippen molar-refractivity contribution in [3.05, 3.63) is 59.2 Å². The Hall–Kier alpha value is -3.55. The zero-order valence-corrected chi connectivity index (χ0v) is 21.0. The van der Waals surface area contributed by atoms with Crippen LogP contribution in [0.2, 0.25) is 0 Å². The number of anilines is 2. The highest BCUT2D eigenvalue weighted by Gasteiger charge is 2.36. The maximum absolute atomic E-state index is 13.4. The summed E-state index contributed by atoms with van der Waals surface area (Å²) in [7, 11) is 0. The minimum absolute atomic E-state index is 0.149. The molecule has 2 N–H and O–H groups in total. The number of fused-ring (bicyclic) bond motifs is 1. The van der Waals surface area contributed by atoms with Crippen molar-refractivity contribution in [2.75, 3.05) is 55.6 Å². The molecule has 0 saturated carbocycles. The smallest absolute Gasteiger partial charge is 0.254 e. The van der Waals surface area contributed by atoms with E-state index in [-0.39, 0.29) is 11.8 Å². The summed E-state index contributed by atoms with van der Waals surface area (Å²) in [5.74, 6) is -0.462. The maximum atomic E-state index is 13.4. The van der Waals surface area contributed by atoms with Crippen LogP contribution in [-0.4, -0.2) is 79.4 Å². The van der Waals surface area contributed by atoms with Gasteiger partial charge in [0.1, 0.15) is 6.04 Å². The van der Waals surface area contributed by atoms with Crippen LogP contribution in [0.4, 0.5) is 11.4 Å². The van der Waals surface area contributed by atoms with E-state index in [0.717, 1.165) is 50.4 Å². The second-order valence-electron chi connectivity index (χ2n) is 10.1. The molecule has 2 aromatic rings. The van der Waals surface area contributed by atoms with Gasteiger partial charge in [-0.1, -0.05) is 18.2 Å². The Morgan fingerprint density at radius 3 is 2.42 bits per heavy atom. The van der Waals surface area contributed by atoms with Gasteiger partial charge in [0, 0.05) is 75.6 Å². The van der Waals surface area contributed by atoms with Gasteiger partial charge in [-0.3, -0.25) is 14.4 Å². The van der Waals surface area contributed by atoms with Crippen LogP contribution in [0.1, 0.15) is 40.7 Å². The van der Waals surface area contributed by atoms with E-state index in [1.807, 2.05) is 17.0 Å². The Bertz CT molecular complexity index is 1160. The number of hydrogen-bond acceptors (Lipinski definition) is 5. The molecule has 0 aliphatic carbocycles. The zero-order valence-electron chi connectivity index (χ0n) is 21.0. The highest BCUT2D eigenvalue weighted by Crippen LogP contribution is 2.29. The van der Waals surface area contributed by atoms with Crippen molar-refractivity contribution in [1.82, 2.24) is 9.80 Å². The van der Waals surface area contributed by atoms with E-state index in [0.29, 0.717) is 37.9 Å². The van der Waals surface area contributed by atoms with Gasteiger partial charge < -0.3 is 25.3 Å². The number of para-hydroxylation sites is 1. The number of likely N-dealkylation sites (tertiary alicyclic amines) is 1. The number of carbonyl (C=O) groups excluding carboxylic acids is 3. The van der Waals surface area contributed by atoms with Gasteiger partial charge in [-0.15, -0.1) is 0 Å². The molecule has 3 aliphatic heterocycles. The largest absolute Gasteiger partial charge is 0.368 e. The first-order valence-corrected chi connectivity index (χ1v) is 13.0. The summed E-state index contributed by atoms with van der Waals surface area (Å²) in [5.41, 5.74) is 10.9. The highest BCUT2D eigenvalue weighted by molar-refractivity contribution is 6.01. The fourth-order valence-corrected chi connectivity index (χ4v) is 5.78. The van der Waals surface area contributed by atoms with Crippen molar-refractivity contribution in [3.63, 3.8) is 0 Å². The number of amides is 3. The van der Waals surface area contributed by atoms with Crippen LogP contribution >= 0.6 is 0 Å². The van der Waals surface area contributed by atoms with E-state index >= 15 is 0 Å². The lowest BCUT2D eigenvalue weighted by Crippen LogP contribution is -2.53. The molecule has 8 nitrogen and oxygen atoms in total. The van der Waals surface area contributed by atoms with E-state index in [2.05, 4.69) is 47.1 Å². The maximum Gasteiger partial charge on any atom is 0.254 e. The topological polar surface area (TPSA) is 90.2 Å². The van der Waals surface area contributed by atoms with Crippen LogP contribution < -0.4 is 15.5 Å². The average Bonchev–Trinajstić information content (AvgIpc) is 3.29. The summed E-state index contributed by atoms with van der Waals surface area (Å²) in [4.78, 5) is 45.8. The lowest BCUT2D eigenvalue weighted by atomic mass is 9.92. The van der Waals surface area contributed by atoms with Crippen LogP contribution in [0.15, 0.2) is 42.5 Å². The molecule has 3 aliphatic rings. The third-order valence-corrected chi connectivity index (χ3v) is 7.80. The number of carbonyl (C=O) groups is 3. The first kappa shape index (κ1) is 24.2. The molecule has 0 spiro atoms. The van der Waals surface area contributed by atoms with Crippen LogP contribution in [0, 0.1) is 6.92 Å². The molecule has 36 heavy (non-hydrogen) atoms. The third-order valence-electron chi connectivity index (χ3n) is 7.80. The van der Waals surface area contributed by atoms with E-state index < -0.39 is 11.9 Å². The van der Waals surface area contributed by atoms with Crippen molar-refractivity contribution in [1.29, 1.82) is 0 Å². The molecular formula is C28H35N5O3. The predicted molar refractivity (Wildman–Crippen MR) is 140 cm³/mol. The van der Waals surface area contributed by atoms with Crippen LogP contribution in [0.25, 0.3) is 0 Å². The second kappa shape index (κ2) is 10.2. The summed E-state index contributed by atoms with van der Waals surface area (Å²) >= 11 is 0. The average molecular weight is 490 g/mol. The SMILES string of the molecule is Cc1ccccc1N1CCN(c2ccc3c(c2)CC(C(N)=O)N(CCCN2CCCC2=O)C3=O)CC1. The Balaban J connectivity index is 1.26. The van der Waals surface area contributed by atoms with Crippen LogP contribution in [0.3, 0.4) is 0 Å². The van der Waals surface area contributed by atoms with Gasteiger partial charge in [0.25, 0.3) is 5.91 Å². The molecule has 3 heterocycles. The first-order chi connectivity index (χ1) is 17.4. The Labute approximate surface area is 212 Å². The Morgan fingerprint density at radius 1 is 0.972 bits per heavy atom. The quantitative estimate of drug-likeness (QED) is 0.644. The number of rotatable bonds is 7. The fourth-order valence-electron chi connectivity index (χ4n) is 5.78. The number of nitrogens with zero attached hydrogens (tertiary/aromatic N) is 4. The number of piperazine rings is 1. The van der Waals surface area contributed by atoms with Gasteiger partial charge in [-0.2, -0.15) is 0 Å². The van der Waals surface area contributed by atoms with Gasteiger partial charge in [0.2, 0.25) is 11.8 Å². The highest BCUT2D eigenvalue weighted by atomic mass is 16.2. The summed E-state index contributed by atoms with van der Waals surface area (Å²) in [6.07, 6.45) is 2.56. The minimum atomic E-state index is -0.660. The van der Waals surface area contributed by atoms with Gasteiger partial charge in [0.05, 0.1) is 0 Å². The van der Waals surface area contributed by atoms with Crippen molar-refractivity contribution in [2.24, 2.45) is 5.73 Å². The normalized spacial score (nSPS) is 20.2. The van der Waals surface area contributed by atoms with Gasteiger partial charge >= 0.3 is 0 Å². The van der Waals surface area contributed by atoms with Crippen molar-refractivity contribution in [2.45, 2.75) is 38.6 Å². The van der Waals surface area contributed by atoms with E-state index in [1.54, 1.807) is 4.90 Å². The molecule has 8 heteroatoms. The molecule has 2 saturated heterocycles. The summed E-state index contributed by atoms with van der Waals surface area (Å²) in [6, 6.07) is 13.8. The minimum Gasteiger partial charge on any atom is -0.368 e. The standard InChI is InChI=1S/C28H35N5O3/c1-20-6-2-3-7-24(20)31-16-14-30(15-17-31)22-9-10-23-21(18-22)19-25(27(29)35)33(28(23)36)13-5-12-32-11-4-8-26(32)34/h2-3,6-7,9-10,18,25H,4-5,8,11-17,19H2,1H3,(H2,29,35). The van der Waals surface area contributed by atoms with Gasteiger partial charge in [-0.25, -0.2) is 0 Å². The molecular weight excluding hydrogens is 454 g/mol. The first-order valence-electron chi connectivity index (χ1n) is 13.0. The number of benzene rings is 2. The molecule has 1 unspecified atom stereocenters. The third kappa shape index (κ3) is 4.76. The van der Waals surface area contributed by atoms with Crippen LogP contribution in [-0.2, 0) is 16.0 Å². The predicted octanol–water partition coefficient (Wildman–Crippen LogP) is 2.19. The molecule has 5 rings (SSSR count). The molecule has 2 aromatic carbocycles. The monoisotopic (exact) mass is 489 g/mol. The van der Waals surface area contributed by atoms with Crippen molar-refractivity contribution >= 4 is 29.1 Å². The number of hydrogen-bond donors (Lipinski definition) is 1. The number of nitrogens with two attached hydrogens (primary N) is 1. The van der Waals surface area contributed by atoms with Crippen molar-refractivity contribution in [3.8, 4) is 0 Å². The van der Waals surface area contributed by atoms with E-state index in [9.17, 15) is 14.4 Å².